The highest BCUT2D eigenvalue weighted by Gasteiger charge is 2.20. The van der Waals surface area contributed by atoms with E-state index in [9.17, 15) is 29.1 Å². The zero-order valence-electron chi connectivity index (χ0n) is 30.7. The maximum Gasteiger partial charge on any atom is 0.326 e. The average Bonchev–Trinajstić information content (AvgIpc) is 3.64. The Kier molecular flexibility index (Phi) is 29.5. The first-order valence-electron chi connectivity index (χ1n) is 18.6. The van der Waals surface area contributed by atoms with Crippen LogP contribution in [-0.2, 0) is 49.3 Å². The standard InChI is InChI=1S/C34H62N8O10/c35-29(43)26-51-24-22-50-21-19-37-33(46)27-52-25-23-49-20-18-36-31(44)17-16-28(34(47)48)38-32(45)15-13-11-9-7-5-3-1-2-4-6-8-10-12-14-30-39-41-42-40-30/h28H,1-27H2,(H2,35,43)(H,36,44)(H,37,46)(H,38,45)(H,47,48)(H,39,40,41,42)/t28-/m0/s1. The lowest BCUT2D eigenvalue weighted by Gasteiger charge is -2.14. The van der Waals surface area contributed by atoms with E-state index in [1.165, 1.54) is 51.4 Å². The number of carbonyl (C=O) groups excluding carboxylic acids is 4. The van der Waals surface area contributed by atoms with E-state index in [0.717, 1.165) is 37.9 Å². The summed E-state index contributed by atoms with van der Waals surface area (Å²) in [6, 6.07) is -1.12. The number of carboxylic acid groups (broad SMARTS) is 1. The molecule has 0 saturated carbocycles. The minimum Gasteiger partial charge on any atom is -0.480 e. The first kappa shape index (κ1) is 46.3. The van der Waals surface area contributed by atoms with Crippen molar-refractivity contribution in [3.8, 4) is 0 Å². The van der Waals surface area contributed by atoms with Crippen molar-refractivity contribution in [2.75, 3.05) is 65.9 Å². The Morgan fingerprint density at radius 2 is 1.15 bits per heavy atom. The third-order valence-electron chi connectivity index (χ3n) is 7.85. The molecule has 18 nitrogen and oxygen atoms in total. The Balaban J connectivity index is 1.90. The Bertz CT molecular complexity index is 1080. The van der Waals surface area contributed by atoms with Crippen molar-refractivity contribution in [3.63, 3.8) is 0 Å². The number of aryl methyl sites for hydroxylation is 1. The zero-order valence-corrected chi connectivity index (χ0v) is 30.7. The number of hydrogen-bond acceptors (Lipinski definition) is 12. The summed E-state index contributed by atoms with van der Waals surface area (Å²) in [4.78, 5) is 58.3. The van der Waals surface area contributed by atoms with Gasteiger partial charge in [0.1, 0.15) is 19.3 Å². The molecule has 0 unspecified atom stereocenters. The second kappa shape index (κ2) is 33.1. The molecule has 0 radical (unpaired) electrons. The maximum absolute atomic E-state index is 12.3. The normalized spacial score (nSPS) is 11.6. The molecule has 1 atom stereocenters. The number of nitrogens with zero attached hydrogens (tertiary/aromatic N) is 3. The van der Waals surface area contributed by atoms with E-state index in [1.54, 1.807) is 0 Å². The lowest BCUT2D eigenvalue weighted by Crippen LogP contribution is -2.41. The van der Waals surface area contributed by atoms with Crippen LogP contribution in [0.5, 0.6) is 0 Å². The molecule has 52 heavy (non-hydrogen) atoms. The van der Waals surface area contributed by atoms with Gasteiger partial charge in [-0.2, -0.15) is 5.21 Å². The monoisotopic (exact) mass is 742 g/mol. The van der Waals surface area contributed by atoms with Crippen LogP contribution in [0.15, 0.2) is 0 Å². The van der Waals surface area contributed by atoms with Gasteiger partial charge in [0.05, 0.1) is 39.6 Å². The molecule has 1 aromatic rings. The van der Waals surface area contributed by atoms with Gasteiger partial charge < -0.3 is 45.7 Å². The molecule has 0 bridgehead atoms. The van der Waals surface area contributed by atoms with Crippen LogP contribution >= 0.6 is 0 Å². The number of aromatic nitrogens is 4. The number of carboxylic acids is 1. The molecular weight excluding hydrogens is 680 g/mol. The van der Waals surface area contributed by atoms with Crippen LogP contribution < -0.4 is 21.7 Å². The molecule has 0 spiro atoms. The van der Waals surface area contributed by atoms with Crippen molar-refractivity contribution in [3.05, 3.63) is 5.82 Å². The van der Waals surface area contributed by atoms with Crippen molar-refractivity contribution in [1.29, 1.82) is 0 Å². The molecule has 0 aliphatic rings. The molecule has 0 saturated heterocycles. The number of amides is 4. The van der Waals surface area contributed by atoms with Gasteiger partial charge in [-0.25, -0.2) is 4.79 Å². The first-order chi connectivity index (χ1) is 25.3. The number of aliphatic carboxylic acids is 1. The van der Waals surface area contributed by atoms with Gasteiger partial charge in [0, 0.05) is 32.4 Å². The molecule has 0 aliphatic heterocycles. The van der Waals surface area contributed by atoms with Crippen LogP contribution in [0.1, 0.15) is 109 Å². The molecule has 18 heteroatoms. The van der Waals surface area contributed by atoms with Crippen LogP contribution in [0.3, 0.4) is 0 Å². The lowest BCUT2D eigenvalue weighted by molar-refractivity contribution is -0.142. The smallest absolute Gasteiger partial charge is 0.326 e. The fourth-order valence-electron chi connectivity index (χ4n) is 5.04. The van der Waals surface area contributed by atoms with Gasteiger partial charge in [0.15, 0.2) is 5.82 Å². The number of rotatable bonds is 37. The minimum atomic E-state index is -1.17. The summed E-state index contributed by atoms with van der Waals surface area (Å²) in [5.41, 5.74) is 4.94. The number of H-pyrrole nitrogens is 1. The highest BCUT2D eigenvalue weighted by atomic mass is 16.5. The number of ether oxygens (including phenoxy) is 4. The van der Waals surface area contributed by atoms with Gasteiger partial charge in [0.25, 0.3) is 0 Å². The second-order valence-corrected chi connectivity index (χ2v) is 12.4. The van der Waals surface area contributed by atoms with Crippen LogP contribution in [0.4, 0.5) is 0 Å². The van der Waals surface area contributed by atoms with E-state index < -0.39 is 17.9 Å². The summed E-state index contributed by atoms with van der Waals surface area (Å²) in [5.74, 6) is -1.90. The van der Waals surface area contributed by atoms with Gasteiger partial charge in [-0.3, -0.25) is 19.2 Å². The quantitative estimate of drug-likeness (QED) is 0.0527. The van der Waals surface area contributed by atoms with Crippen LogP contribution in [0, 0.1) is 0 Å². The third kappa shape index (κ3) is 29.9. The number of tetrazole rings is 1. The highest BCUT2D eigenvalue weighted by molar-refractivity contribution is 5.84. The Hall–Kier alpha value is -3.74. The Morgan fingerprint density at radius 1 is 0.635 bits per heavy atom. The molecule has 4 amide bonds. The summed E-state index contributed by atoms with van der Waals surface area (Å²) in [6.07, 6.45) is 16.0. The Morgan fingerprint density at radius 3 is 1.69 bits per heavy atom. The molecule has 0 aliphatic carbocycles. The molecule has 1 heterocycles. The van der Waals surface area contributed by atoms with Gasteiger partial charge in [0.2, 0.25) is 23.6 Å². The number of aromatic amines is 1. The molecular formula is C34H62N8O10. The topological polar surface area (TPSA) is 259 Å². The number of primary amides is 1. The summed E-state index contributed by atoms with van der Waals surface area (Å²) >= 11 is 0. The zero-order chi connectivity index (χ0) is 37.9. The maximum atomic E-state index is 12.3. The van der Waals surface area contributed by atoms with E-state index in [-0.39, 0.29) is 96.4 Å². The molecule has 298 valence electrons. The summed E-state index contributed by atoms with van der Waals surface area (Å²) in [5, 5.41) is 31.3. The van der Waals surface area contributed by atoms with Gasteiger partial charge in [-0.15, -0.1) is 10.2 Å². The SMILES string of the molecule is NC(=O)COCCOCCNC(=O)COCCOCCNC(=O)CC[C@H](NC(=O)CCCCCCCCCCCCCCCc1nn[nH]n1)C(=O)O. The lowest BCUT2D eigenvalue weighted by atomic mass is 10.0. The number of carbonyl (C=O) groups is 5. The molecule has 0 fully saturated rings. The van der Waals surface area contributed by atoms with Crippen molar-refractivity contribution in [2.45, 2.75) is 115 Å². The van der Waals surface area contributed by atoms with E-state index >= 15 is 0 Å². The molecule has 0 aromatic carbocycles. The summed E-state index contributed by atoms with van der Waals surface area (Å²) < 4.78 is 20.8. The van der Waals surface area contributed by atoms with Crippen molar-refractivity contribution < 1.29 is 48.0 Å². The summed E-state index contributed by atoms with van der Waals surface area (Å²) in [6.45, 7) is 1.61. The number of nitrogens with two attached hydrogens (primary N) is 1. The number of nitrogens with one attached hydrogen (secondary N) is 4. The van der Waals surface area contributed by atoms with Crippen LogP contribution in [0.25, 0.3) is 0 Å². The highest BCUT2D eigenvalue weighted by Crippen LogP contribution is 2.13. The van der Waals surface area contributed by atoms with Crippen LogP contribution in [-0.4, -0.2) is 127 Å². The van der Waals surface area contributed by atoms with Crippen LogP contribution in [0.2, 0.25) is 0 Å². The van der Waals surface area contributed by atoms with E-state index in [1.807, 2.05) is 0 Å². The summed E-state index contributed by atoms with van der Waals surface area (Å²) in [7, 11) is 0. The van der Waals surface area contributed by atoms with Gasteiger partial charge in [-0.05, 0) is 19.3 Å². The fourth-order valence-corrected chi connectivity index (χ4v) is 5.04. The minimum absolute atomic E-state index is 0.0112. The molecule has 7 N–H and O–H groups in total. The predicted molar refractivity (Wildman–Crippen MR) is 190 cm³/mol. The first-order valence-corrected chi connectivity index (χ1v) is 18.6. The largest absolute Gasteiger partial charge is 0.480 e. The predicted octanol–water partition coefficient (Wildman–Crippen LogP) is 1.34. The van der Waals surface area contributed by atoms with Crippen molar-refractivity contribution >= 4 is 29.6 Å². The fraction of sp³-hybridized carbons (Fsp3) is 0.824. The molecule has 1 rings (SSSR count). The second-order valence-electron chi connectivity index (χ2n) is 12.4. The Labute approximate surface area is 306 Å². The van der Waals surface area contributed by atoms with E-state index in [4.69, 9.17) is 24.7 Å². The van der Waals surface area contributed by atoms with E-state index in [0.29, 0.717) is 13.0 Å². The van der Waals surface area contributed by atoms with Crippen molar-refractivity contribution in [2.24, 2.45) is 5.73 Å². The third-order valence-corrected chi connectivity index (χ3v) is 7.85. The van der Waals surface area contributed by atoms with Gasteiger partial charge in [-0.1, -0.05) is 75.8 Å². The van der Waals surface area contributed by atoms with E-state index in [2.05, 4.69) is 36.6 Å². The molecule has 1 aromatic heterocycles. The number of unbranched alkanes of at least 4 members (excludes halogenated alkanes) is 12. The van der Waals surface area contributed by atoms with Gasteiger partial charge >= 0.3 is 5.97 Å². The van der Waals surface area contributed by atoms with Crippen molar-refractivity contribution in [1.82, 2.24) is 36.6 Å². The number of hydrogen-bond donors (Lipinski definition) is 6. The average molecular weight is 743 g/mol.